The molecule has 1 fully saturated rings. The molecule has 2 rings (SSSR count). The number of hydrogen-bond donors (Lipinski definition) is 1. The molecular weight excluding hydrogens is 260 g/mol. The molecule has 0 radical (unpaired) electrons. The summed E-state index contributed by atoms with van der Waals surface area (Å²) in [6.07, 6.45) is 4.54. The maximum Gasteiger partial charge on any atom is 0.411 e. The first kappa shape index (κ1) is 14.3. The van der Waals surface area contributed by atoms with Crippen LogP contribution in [0.25, 0.3) is 0 Å². The van der Waals surface area contributed by atoms with Crippen molar-refractivity contribution < 1.29 is 14.5 Å². The summed E-state index contributed by atoms with van der Waals surface area (Å²) in [5.74, 6) is 0. The summed E-state index contributed by atoms with van der Waals surface area (Å²) in [6.45, 7) is 1.66. The van der Waals surface area contributed by atoms with E-state index in [1.165, 1.54) is 12.5 Å². The van der Waals surface area contributed by atoms with Gasteiger partial charge in [-0.3, -0.25) is 15.4 Å². The number of carbonyl (C=O) groups is 1. The number of anilines is 1. The van der Waals surface area contributed by atoms with Gasteiger partial charge in [0.25, 0.3) is 5.69 Å². The highest BCUT2D eigenvalue weighted by molar-refractivity contribution is 5.85. The lowest BCUT2D eigenvalue weighted by Crippen LogP contribution is -2.24. The summed E-state index contributed by atoms with van der Waals surface area (Å²) in [6, 6.07) is 4.58. The molecule has 1 aromatic carbocycles. The van der Waals surface area contributed by atoms with Crippen molar-refractivity contribution in [2.24, 2.45) is 0 Å². The number of nitrogens with zero attached hydrogens (tertiary/aromatic N) is 1. The zero-order valence-corrected chi connectivity index (χ0v) is 11.4. The maximum atomic E-state index is 11.7. The summed E-state index contributed by atoms with van der Waals surface area (Å²) in [4.78, 5) is 22.1. The lowest BCUT2D eigenvalue weighted by Gasteiger charge is -2.21. The van der Waals surface area contributed by atoms with E-state index in [4.69, 9.17) is 4.74 Å². The molecule has 1 aliphatic carbocycles. The van der Waals surface area contributed by atoms with Crippen molar-refractivity contribution in [2.45, 2.75) is 45.1 Å². The number of ether oxygens (including phenoxy) is 1. The van der Waals surface area contributed by atoms with E-state index in [-0.39, 0.29) is 11.8 Å². The van der Waals surface area contributed by atoms with E-state index >= 15 is 0 Å². The fourth-order valence-electron chi connectivity index (χ4n) is 2.37. The molecule has 0 aromatic heterocycles. The molecule has 108 valence electrons. The monoisotopic (exact) mass is 278 g/mol. The van der Waals surface area contributed by atoms with Crippen LogP contribution < -0.4 is 5.32 Å². The molecule has 1 amide bonds. The van der Waals surface area contributed by atoms with Gasteiger partial charge in [0.1, 0.15) is 6.10 Å². The number of nitro groups is 1. The number of rotatable bonds is 3. The third-order valence-corrected chi connectivity index (χ3v) is 3.48. The number of nitro benzene ring substituents is 1. The van der Waals surface area contributed by atoms with Gasteiger partial charge in [-0.05, 0) is 38.7 Å². The lowest BCUT2D eigenvalue weighted by molar-refractivity contribution is -0.385. The molecule has 0 unspecified atom stereocenters. The lowest BCUT2D eigenvalue weighted by atomic mass is 9.98. The molecule has 0 atom stereocenters. The summed E-state index contributed by atoms with van der Waals surface area (Å²) in [5, 5.41) is 13.4. The Hall–Kier alpha value is -2.11. The Labute approximate surface area is 117 Å². The highest BCUT2D eigenvalue weighted by Crippen LogP contribution is 2.24. The molecule has 0 bridgehead atoms. The number of amides is 1. The largest absolute Gasteiger partial charge is 0.446 e. The zero-order valence-electron chi connectivity index (χ0n) is 11.4. The molecule has 6 nitrogen and oxygen atoms in total. The highest BCUT2D eigenvalue weighted by Gasteiger charge is 2.18. The summed E-state index contributed by atoms with van der Waals surface area (Å²) >= 11 is 0. The van der Waals surface area contributed by atoms with Gasteiger partial charge in [0.2, 0.25) is 0 Å². The van der Waals surface area contributed by atoms with E-state index < -0.39 is 11.0 Å². The Morgan fingerprint density at radius 3 is 2.70 bits per heavy atom. The Balaban J connectivity index is 1.96. The molecule has 1 saturated carbocycles. The third-order valence-electron chi connectivity index (χ3n) is 3.48. The van der Waals surface area contributed by atoms with Crippen molar-refractivity contribution in [3.8, 4) is 0 Å². The molecular formula is C14H18N2O4. The van der Waals surface area contributed by atoms with Gasteiger partial charge in [-0.25, -0.2) is 4.79 Å². The minimum atomic E-state index is -0.546. The van der Waals surface area contributed by atoms with E-state index in [0.29, 0.717) is 11.3 Å². The minimum Gasteiger partial charge on any atom is -0.446 e. The fraction of sp³-hybridized carbons (Fsp3) is 0.500. The highest BCUT2D eigenvalue weighted by atomic mass is 16.6. The van der Waals surface area contributed by atoms with Crippen LogP contribution in [0.1, 0.15) is 37.7 Å². The molecule has 1 N–H and O–H groups in total. The van der Waals surface area contributed by atoms with Gasteiger partial charge < -0.3 is 4.74 Å². The van der Waals surface area contributed by atoms with E-state index in [0.717, 1.165) is 25.7 Å². The van der Waals surface area contributed by atoms with Crippen molar-refractivity contribution in [3.63, 3.8) is 0 Å². The van der Waals surface area contributed by atoms with Crippen LogP contribution in [0.3, 0.4) is 0 Å². The van der Waals surface area contributed by atoms with Crippen LogP contribution in [0.15, 0.2) is 18.2 Å². The number of benzene rings is 1. The predicted molar refractivity (Wildman–Crippen MR) is 74.8 cm³/mol. The summed E-state index contributed by atoms with van der Waals surface area (Å²) < 4.78 is 5.31. The smallest absolute Gasteiger partial charge is 0.411 e. The molecule has 0 saturated heterocycles. The number of carbonyl (C=O) groups excluding carboxylic acids is 1. The first-order valence-corrected chi connectivity index (χ1v) is 6.79. The van der Waals surface area contributed by atoms with Gasteiger partial charge in [0, 0.05) is 11.6 Å². The van der Waals surface area contributed by atoms with Crippen molar-refractivity contribution >= 4 is 17.5 Å². The Morgan fingerprint density at radius 2 is 2.05 bits per heavy atom. The van der Waals surface area contributed by atoms with Crippen LogP contribution in [0.2, 0.25) is 0 Å². The average molecular weight is 278 g/mol. The van der Waals surface area contributed by atoms with Crippen LogP contribution in [-0.2, 0) is 4.74 Å². The predicted octanol–water partition coefficient (Wildman–Crippen LogP) is 3.78. The molecule has 0 spiro atoms. The third kappa shape index (κ3) is 3.69. The zero-order chi connectivity index (χ0) is 14.5. The van der Waals surface area contributed by atoms with Gasteiger partial charge in [0.05, 0.1) is 10.6 Å². The van der Waals surface area contributed by atoms with Crippen molar-refractivity contribution in [2.75, 3.05) is 5.32 Å². The number of nitrogens with one attached hydrogen (secondary N) is 1. The van der Waals surface area contributed by atoms with E-state index in [1.807, 2.05) is 0 Å². The van der Waals surface area contributed by atoms with Crippen molar-refractivity contribution in [3.05, 3.63) is 33.9 Å². The minimum absolute atomic E-state index is 0.0135. The van der Waals surface area contributed by atoms with Crippen LogP contribution in [-0.4, -0.2) is 17.1 Å². The van der Waals surface area contributed by atoms with Gasteiger partial charge in [-0.15, -0.1) is 0 Å². The molecule has 1 aliphatic rings. The molecule has 6 heteroatoms. The summed E-state index contributed by atoms with van der Waals surface area (Å²) in [7, 11) is 0. The van der Waals surface area contributed by atoms with Crippen LogP contribution in [0.4, 0.5) is 16.2 Å². The SMILES string of the molecule is Cc1ccc(NC(=O)OC2CCCCC2)cc1[N+](=O)[O-]. The molecule has 0 aliphatic heterocycles. The van der Waals surface area contributed by atoms with E-state index in [1.54, 1.807) is 19.1 Å². The van der Waals surface area contributed by atoms with Gasteiger partial charge in [0.15, 0.2) is 0 Å². The maximum absolute atomic E-state index is 11.7. The standard InChI is InChI=1S/C14H18N2O4/c1-10-7-8-11(9-13(10)16(18)19)15-14(17)20-12-5-3-2-4-6-12/h7-9,12H,2-6H2,1H3,(H,15,17). The Kier molecular flexibility index (Phi) is 4.55. The van der Waals surface area contributed by atoms with Gasteiger partial charge in [-0.2, -0.15) is 0 Å². The normalized spacial score (nSPS) is 15.7. The second kappa shape index (κ2) is 6.36. The van der Waals surface area contributed by atoms with Gasteiger partial charge in [-0.1, -0.05) is 12.5 Å². The number of hydrogen-bond acceptors (Lipinski definition) is 4. The Morgan fingerprint density at radius 1 is 1.35 bits per heavy atom. The van der Waals surface area contributed by atoms with Crippen molar-refractivity contribution in [1.29, 1.82) is 0 Å². The second-order valence-electron chi connectivity index (χ2n) is 5.05. The first-order valence-electron chi connectivity index (χ1n) is 6.79. The second-order valence-corrected chi connectivity index (χ2v) is 5.05. The van der Waals surface area contributed by atoms with E-state index in [9.17, 15) is 14.9 Å². The first-order chi connectivity index (χ1) is 9.56. The average Bonchev–Trinajstić information content (AvgIpc) is 2.41. The van der Waals surface area contributed by atoms with Crippen molar-refractivity contribution in [1.82, 2.24) is 0 Å². The van der Waals surface area contributed by atoms with Crippen LogP contribution in [0, 0.1) is 17.0 Å². The quantitative estimate of drug-likeness (QED) is 0.673. The summed E-state index contributed by atoms with van der Waals surface area (Å²) in [5.41, 5.74) is 0.921. The van der Waals surface area contributed by atoms with Gasteiger partial charge >= 0.3 is 6.09 Å². The van der Waals surface area contributed by atoms with Crippen LogP contribution >= 0.6 is 0 Å². The molecule has 20 heavy (non-hydrogen) atoms. The molecule has 0 heterocycles. The van der Waals surface area contributed by atoms with E-state index in [2.05, 4.69) is 5.32 Å². The Bertz CT molecular complexity index is 510. The fourth-order valence-corrected chi connectivity index (χ4v) is 2.37. The van der Waals surface area contributed by atoms with Crippen LogP contribution in [0.5, 0.6) is 0 Å². The topological polar surface area (TPSA) is 81.5 Å². The number of aryl methyl sites for hydroxylation is 1. The molecule has 1 aromatic rings.